The van der Waals surface area contributed by atoms with Gasteiger partial charge in [-0.25, -0.2) is 8.42 Å². The quantitative estimate of drug-likeness (QED) is 0.847. The van der Waals surface area contributed by atoms with Crippen LogP contribution in [0.4, 0.5) is 0 Å². The summed E-state index contributed by atoms with van der Waals surface area (Å²) < 4.78 is 25.0. The van der Waals surface area contributed by atoms with Gasteiger partial charge in [0.2, 0.25) is 9.84 Å². The first kappa shape index (κ1) is 15.7. The van der Waals surface area contributed by atoms with Gasteiger partial charge < -0.3 is 10.8 Å². The number of aliphatic hydroxyl groups excluding tert-OH is 1. The molecular formula is C15H14ClNO3S. The highest BCUT2D eigenvalue weighted by molar-refractivity contribution is 7.95. The molecule has 3 N–H and O–H groups in total. The van der Waals surface area contributed by atoms with Gasteiger partial charge >= 0.3 is 0 Å². The fourth-order valence-corrected chi connectivity index (χ4v) is 3.30. The van der Waals surface area contributed by atoms with Gasteiger partial charge in [0.05, 0.1) is 9.80 Å². The van der Waals surface area contributed by atoms with Crippen molar-refractivity contribution in [2.24, 2.45) is 5.73 Å². The Hall–Kier alpha value is -1.66. The molecule has 4 nitrogen and oxygen atoms in total. The maximum absolute atomic E-state index is 12.5. The summed E-state index contributed by atoms with van der Waals surface area (Å²) in [6, 6.07) is 14.4. The van der Waals surface area contributed by atoms with Crippen LogP contribution in [0.5, 0.6) is 0 Å². The molecule has 0 aromatic heterocycles. The van der Waals surface area contributed by atoms with E-state index in [0.29, 0.717) is 10.6 Å². The van der Waals surface area contributed by atoms with Gasteiger partial charge in [-0.3, -0.25) is 0 Å². The molecule has 21 heavy (non-hydrogen) atoms. The van der Waals surface area contributed by atoms with Crippen molar-refractivity contribution in [2.75, 3.05) is 0 Å². The van der Waals surface area contributed by atoms with Gasteiger partial charge in [0.1, 0.15) is 6.23 Å². The first-order chi connectivity index (χ1) is 9.91. The Morgan fingerprint density at radius 2 is 1.67 bits per heavy atom. The van der Waals surface area contributed by atoms with E-state index < -0.39 is 16.1 Å². The molecule has 0 aliphatic rings. The minimum absolute atomic E-state index is 0.0784. The normalized spacial score (nSPS) is 14.0. The Morgan fingerprint density at radius 1 is 1.10 bits per heavy atom. The van der Waals surface area contributed by atoms with Crippen molar-refractivity contribution in [2.45, 2.75) is 11.1 Å². The molecule has 2 aromatic rings. The molecule has 6 heteroatoms. The average molecular weight is 324 g/mol. The third-order valence-electron chi connectivity index (χ3n) is 2.83. The molecule has 0 spiro atoms. The highest BCUT2D eigenvalue weighted by Crippen LogP contribution is 2.23. The van der Waals surface area contributed by atoms with Crippen LogP contribution in [0.2, 0.25) is 5.02 Å². The molecule has 0 aliphatic heterocycles. The predicted octanol–water partition coefficient (Wildman–Crippen LogP) is 2.43. The lowest BCUT2D eigenvalue weighted by Gasteiger charge is -2.12. The summed E-state index contributed by atoms with van der Waals surface area (Å²) in [5.74, 6) is 0. The Morgan fingerprint density at radius 3 is 2.19 bits per heavy atom. The summed E-state index contributed by atoms with van der Waals surface area (Å²) in [6.45, 7) is 0. The van der Waals surface area contributed by atoms with Crippen LogP contribution in [0, 0.1) is 0 Å². The third-order valence-corrected chi connectivity index (χ3v) is 4.96. The van der Waals surface area contributed by atoms with E-state index in [1.165, 1.54) is 18.2 Å². The van der Waals surface area contributed by atoms with Crippen LogP contribution in [0.25, 0.3) is 6.08 Å². The first-order valence-electron chi connectivity index (χ1n) is 6.12. The molecule has 2 aromatic carbocycles. The van der Waals surface area contributed by atoms with Crippen molar-refractivity contribution >= 4 is 27.5 Å². The number of rotatable bonds is 4. The molecule has 2 rings (SSSR count). The minimum Gasteiger partial charge on any atom is -0.374 e. The van der Waals surface area contributed by atoms with Crippen LogP contribution in [0.3, 0.4) is 0 Å². The smallest absolute Gasteiger partial charge is 0.206 e. The van der Waals surface area contributed by atoms with Crippen LogP contribution in [0.1, 0.15) is 5.56 Å². The van der Waals surface area contributed by atoms with E-state index in [1.807, 2.05) is 0 Å². The average Bonchev–Trinajstić information content (AvgIpc) is 2.47. The second kappa shape index (κ2) is 6.41. The largest absolute Gasteiger partial charge is 0.374 e. The van der Waals surface area contributed by atoms with Gasteiger partial charge in [0, 0.05) is 5.02 Å². The molecule has 0 aliphatic carbocycles. The van der Waals surface area contributed by atoms with Crippen LogP contribution in [-0.4, -0.2) is 19.8 Å². The molecule has 0 saturated heterocycles. The van der Waals surface area contributed by atoms with Crippen LogP contribution in [-0.2, 0) is 9.84 Å². The summed E-state index contributed by atoms with van der Waals surface area (Å²) in [4.78, 5) is -0.189. The summed E-state index contributed by atoms with van der Waals surface area (Å²) in [5, 5.41) is 10.2. The van der Waals surface area contributed by atoms with E-state index in [4.69, 9.17) is 17.3 Å². The monoisotopic (exact) mass is 323 g/mol. The van der Waals surface area contributed by atoms with Gasteiger partial charge in [-0.2, -0.15) is 0 Å². The van der Waals surface area contributed by atoms with Crippen LogP contribution >= 0.6 is 11.6 Å². The maximum atomic E-state index is 12.5. The van der Waals surface area contributed by atoms with Crippen molar-refractivity contribution in [3.05, 3.63) is 70.1 Å². The van der Waals surface area contributed by atoms with Gasteiger partial charge in [0.15, 0.2) is 0 Å². The Kier molecular flexibility index (Phi) is 4.80. The number of halogens is 1. The Labute approximate surface area is 128 Å². The fourth-order valence-electron chi connectivity index (χ4n) is 1.78. The third kappa shape index (κ3) is 3.71. The molecule has 0 fully saturated rings. The molecular weight excluding hydrogens is 310 g/mol. The second-order valence-corrected chi connectivity index (χ2v) is 6.75. The van der Waals surface area contributed by atoms with Gasteiger partial charge in [0.25, 0.3) is 0 Å². The topological polar surface area (TPSA) is 80.4 Å². The van der Waals surface area contributed by atoms with E-state index in [0.717, 1.165) is 0 Å². The molecule has 0 bridgehead atoms. The number of benzene rings is 2. The SMILES string of the molecule is N[C@@H](O)/C(=C\c1ccc(Cl)cc1)S(=O)(=O)c1ccccc1. The number of sulfone groups is 1. The molecule has 0 heterocycles. The molecule has 110 valence electrons. The standard InChI is InChI=1S/C15H14ClNO3S/c16-12-8-6-11(7-9-12)10-14(15(17)18)21(19,20)13-4-2-1-3-5-13/h1-10,15,18H,17H2/b14-10+/t15-/m0/s1. The zero-order valence-corrected chi connectivity index (χ0v) is 12.6. The molecule has 0 saturated carbocycles. The number of aliphatic hydroxyl groups is 1. The molecule has 0 unspecified atom stereocenters. The lowest BCUT2D eigenvalue weighted by atomic mass is 10.2. The van der Waals surface area contributed by atoms with E-state index in [2.05, 4.69) is 0 Å². The Bertz CT molecular complexity index is 738. The van der Waals surface area contributed by atoms with Crippen LogP contribution in [0.15, 0.2) is 64.4 Å². The minimum atomic E-state index is -3.86. The maximum Gasteiger partial charge on any atom is 0.206 e. The number of nitrogens with two attached hydrogens (primary N) is 1. The lowest BCUT2D eigenvalue weighted by molar-refractivity contribution is 0.227. The lowest BCUT2D eigenvalue weighted by Crippen LogP contribution is -2.26. The van der Waals surface area contributed by atoms with E-state index >= 15 is 0 Å². The zero-order valence-electron chi connectivity index (χ0n) is 11.0. The van der Waals surface area contributed by atoms with Gasteiger partial charge in [-0.15, -0.1) is 0 Å². The predicted molar refractivity (Wildman–Crippen MR) is 83.3 cm³/mol. The van der Waals surface area contributed by atoms with Crippen molar-refractivity contribution in [3.63, 3.8) is 0 Å². The summed E-state index contributed by atoms with van der Waals surface area (Å²) in [6.07, 6.45) is -0.269. The summed E-state index contributed by atoms with van der Waals surface area (Å²) in [5.41, 5.74) is 6.00. The fraction of sp³-hybridized carbons (Fsp3) is 0.0667. The van der Waals surface area contributed by atoms with Crippen LogP contribution < -0.4 is 5.73 Å². The van der Waals surface area contributed by atoms with Crippen molar-refractivity contribution < 1.29 is 13.5 Å². The summed E-state index contributed by atoms with van der Waals surface area (Å²) in [7, 11) is -3.86. The second-order valence-electron chi connectivity index (χ2n) is 4.36. The molecule has 0 amide bonds. The number of hydrogen-bond donors (Lipinski definition) is 2. The Balaban J connectivity index is 2.51. The van der Waals surface area contributed by atoms with E-state index in [1.54, 1.807) is 42.5 Å². The molecule has 0 radical (unpaired) electrons. The highest BCUT2D eigenvalue weighted by atomic mass is 35.5. The number of hydrogen-bond acceptors (Lipinski definition) is 4. The zero-order chi connectivity index (χ0) is 15.5. The molecule has 1 atom stereocenters. The van der Waals surface area contributed by atoms with Gasteiger partial charge in [-0.1, -0.05) is 41.9 Å². The van der Waals surface area contributed by atoms with Crippen molar-refractivity contribution in [1.82, 2.24) is 0 Å². The van der Waals surface area contributed by atoms with Gasteiger partial charge in [-0.05, 0) is 35.9 Å². The first-order valence-corrected chi connectivity index (χ1v) is 7.98. The highest BCUT2D eigenvalue weighted by Gasteiger charge is 2.24. The van der Waals surface area contributed by atoms with E-state index in [9.17, 15) is 13.5 Å². The summed E-state index contributed by atoms with van der Waals surface area (Å²) >= 11 is 5.78. The van der Waals surface area contributed by atoms with Crippen molar-refractivity contribution in [3.8, 4) is 0 Å². The van der Waals surface area contributed by atoms with Crippen molar-refractivity contribution in [1.29, 1.82) is 0 Å². The van der Waals surface area contributed by atoms with E-state index in [-0.39, 0.29) is 9.80 Å².